The number of hydrogen-bond acceptors (Lipinski definition) is 7. The minimum atomic E-state index is -0.735. The summed E-state index contributed by atoms with van der Waals surface area (Å²) >= 11 is 0. The van der Waals surface area contributed by atoms with E-state index >= 15 is 0 Å². The number of allylic oxidation sites excluding steroid dienone is 1. The SMILES string of the molecule is CC(C)C(=O)OCC1(CCc2ccc(C3C=CC(OC(O)C(C)C)CC3)cc2)COC(=O)OC1. The summed E-state index contributed by atoms with van der Waals surface area (Å²) in [6.07, 6.45) is 6.04. The molecule has 3 atom stereocenters. The zero-order chi connectivity index (χ0) is 24.7. The molecule has 7 heteroatoms. The van der Waals surface area contributed by atoms with Gasteiger partial charge in [0.05, 0.1) is 17.4 Å². The number of rotatable bonds is 10. The van der Waals surface area contributed by atoms with E-state index in [4.69, 9.17) is 18.9 Å². The van der Waals surface area contributed by atoms with Crippen LogP contribution in [0.5, 0.6) is 0 Å². The number of carbonyl (C=O) groups is 2. The maximum absolute atomic E-state index is 12.0. The quantitative estimate of drug-likeness (QED) is 0.297. The minimum absolute atomic E-state index is 0.0410. The molecule has 1 fully saturated rings. The number of aryl methyl sites for hydroxylation is 1. The number of aliphatic hydroxyl groups is 1. The van der Waals surface area contributed by atoms with Crippen LogP contribution in [0.3, 0.4) is 0 Å². The van der Waals surface area contributed by atoms with Gasteiger partial charge >= 0.3 is 12.1 Å². The van der Waals surface area contributed by atoms with Gasteiger partial charge in [0, 0.05) is 11.8 Å². The van der Waals surface area contributed by atoms with Crippen molar-refractivity contribution in [2.24, 2.45) is 17.3 Å². The minimum Gasteiger partial charge on any atom is -0.465 e. The van der Waals surface area contributed by atoms with Crippen LogP contribution in [0.15, 0.2) is 36.4 Å². The first-order valence-electron chi connectivity index (χ1n) is 12.2. The molecule has 7 nitrogen and oxygen atoms in total. The van der Waals surface area contributed by atoms with Crippen molar-refractivity contribution in [3.8, 4) is 0 Å². The van der Waals surface area contributed by atoms with Crippen molar-refractivity contribution in [1.82, 2.24) is 0 Å². The second-order valence-electron chi connectivity index (χ2n) is 10.2. The third-order valence-electron chi connectivity index (χ3n) is 6.54. The third kappa shape index (κ3) is 7.31. The summed E-state index contributed by atoms with van der Waals surface area (Å²) in [5, 5.41) is 9.94. The average molecular weight is 475 g/mol. The van der Waals surface area contributed by atoms with Crippen LogP contribution in [0.25, 0.3) is 0 Å². The molecule has 0 aromatic heterocycles. The maximum atomic E-state index is 12.0. The Labute approximate surface area is 202 Å². The van der Waals surface area contributed by atoms with E-state index in [1.165, 1.54) is 5.56 Å². The highest BCUT2D eigenvalue weighted by molar-refractivity contribution is 5.71. The Hall–Kier alpha value is -2.38. The van der Waals surface area contributed by atoms with Gasteiger partial charge in [-0.1, -0.05) is 64.1 Å². The lowest BCUT2D eigenvalue weighted by Crippen LogP contribution is -2.44. The molecule has 1 N–H and O–H groups in total. The number of carbonyl (C=O) groups excluding carboxylic acids is 2. The van der Waals surface area contributed by atoms with Crippen molar-refractivity contribution in [3.05, 3.63) is 47.5 Å². The molecule has 2 aliphatic rings. The van der Waals surface area contributed by atoms with E-state index in [0.717, 1.165) is 24.8 Å². The predicted octanol–water partition coefficient (Wildman–Crippen LogP) is 4.76. The van der Waals surface area contributed by atoms with E-state index in [-0.39, 0.29) is 43.7 Å². The summed E-state index contributed by atoms with van der Waals surface area (Å²) in [5.74, 6) is -0.0783. The summed E-state index contributed by atoms with van der Waals surface area (Å²) in [6.45, 7) is 7.98. The zero-order valence-electron chi connectivity index (χ0n) is 20.7. The summed E-state index contributed by atoms with van der Waals surface area (Å²) in [5.41, 5.74) is 1.87. The lowest BCUT2D eigenvalue weighted by molar-refractivity contribution is -0.157. The van der Waals surface area contributed by atoms with Crippen LogP contribution in [-0.2, 0) is 30.2 Å². The summed E-state index contributed by atoms with van der Waals surface area (Å²) in [6, 6.07) is 8.55. The molecular formula is C27H38O7. The van der Waals surface area contributed by atoms with Crippen molar-refractivity contribution in [2.45, 2.75) is 71.7 Å². The van der Waals surface area contributed by atoms with Gasteiger partial charge in [-0.3, -0.25) is 4.79 Å². The van der Waals surface area contributed by atoms with Crippen molar-refractivity contribution >= 4 is 12.1 Å². The molecule has 0 radical (unpaired) electrons. The van der Waals surface area contributed by atoms with Crippen LogP contribution in [0.4, 0.5) is 4.79 Å². The van der Waals surface area contributed by atoms with Crippen molar-refractivity contribution in [2.75, 3.05) is 19.8 Å². The summed E-state index contributed by atoms with van der Waals surface area (Å²) < 4.78 is 21.4. The van der Waals surface area contributed by atoms with E-state index in [9.17, 15) is 14.7 Å². The fourth-order valence-electron chi connectivity index (χ4n) is 4.06. The normalized spacial score (nSPS) is 22.9. The highest BCUT2D eigenvalue weighted by atomic mass is 16.7. The van der Waals surface area contributed by atoms with E-state index in [1.54, 1.807) is 13.8 Å². The van der Waals surface area contributed by atoms with Crippen molar-refractivity contribution in [1.29, 1.82) is 0 Å². The lowest BCUT2D eigenvalue weighted by atomic mass is 9.83. The summed E-state index contributed by atoms with van der Waals surface area (Å²) in [7, 11) is 0. The van der Waals surface area contributed by atoms with Crippen molar-refractivity contribution in [3.63, 3.8) is 0 Å². The van der Waals surface area contributed by atoms with Gasteiger partial charge in [0.2, 0.25) is 0 Å². The van der Waals surface area contributed by atoms with Gasteiger partial charge in [0.1, 0.15) is 19.8 Å². The molecule has 1 aliphatic carbocycles. The predicted molar refractivity (Wildman–Crippen MR) is 127 cm³/mol. The molecule has 0 bridgehead atoms. The molecule has 0 amide bonds. The Bertz CT molecular complexity index is 833. The van der Waals surface area contributed by atoms with E-state index in [2.05, 4.69) is 36.4 Å². The third-order valence-corrected chi connectivity index (χ3v) is 6.54. The number of hydrogen-bond donors (Lipinski definition) is 1. The fourth-order valence-corrected chi connectivity index (χ4v) is 4.06. The van der Waals surface area contributed by atoms with Crippen molar-refractivity contribution < 1.29 is 33.6 Å². The van der Waals surface area contributed by atoms with Gasteiger partial charge in [-0.2, -0.15) is 0 Å². The second kappa shape index (κ2) is 11.8. The molecule has 1 aromatic rings. The first kappa shape index (κ1) is 26.2. The number of esters is 1. The highest BCUT2D eigenvalue weighted by Gasteiger charge is 2.39. The Balaban J connectivity index is 1.55. The molecule has 188 valence electrons. The van der Waals surface area contributed by atoms with Crippen LogP contribution in [0.2, 0.25) is 0 Å². The van der Waals surface area contributed by atoms with Gasteiger partial charge in [-0.05, 0) is 36.8 Å². The molecule has 3 unspecified atom stereocenters. The number of aliphatic hydroxyl groups excluding tert-OH is 1. The lowest BCUT2D eigenvalue weighted by Gasteiger charge is -2.35. The number of ether oxygens (including phenoxy) is 4. The second-order valence-corrected chi connectivity index (χ2v) is 10.2. The highest BCUT2D eigenvalue weighted by Crippen LogP contribution is 2.32. The Morgan fingerprint density at radius 2 is 1.76 bits per heavy atom. The van der Waals surface area contributed by atoms with Gasteiger partial charge in [0.15, 0.2) is 6.29 Å². The molecule has 0 saturated carbocycles. The van der Waals surface area contributed by atoms with E-state index in [0.29, 0.717) is 12.3 Å². The Morgan fingerprint density at radius 3 is 2.32 bits per heavy atom. The van der Waals surface area contributed by atoms with Crippen LogP contribution >= 0.6 is 0 Å². The maximum Gasteiger partial charge on any atom is 0.508 e. The summed E-state index contributed by atoms with van der Waals surface area (Å²) in [4.78, 5) is 23.3. The molecule has 0 spiro atoms. The Kier molecular flexibility index (Phi) is 9.14. The molecular weight excluding hydrogens is 436 g/mol. The topological polar surface area (TPSA) is 91.3 Å². The van der Waals surface area contributed by atoms with E-state index in [1.807, 2.05) is 13.8 Å². The molecule has 1 aromatic carbocycles. The van der Waals surface area contributed by atoms with Crippen LogP contribution in [-0.4, -0.2) is 49.4 Å². The van der Waals surface area contributed by atoms with E-state index < -0.39 is 17.9 Å². The van der Waals surface area contributed by atoms with Gasteiger partial charge in [-0.25, -0.2) is 4.79 Å². The largest absolute Gasteiger partial charge is 0.508 e. The van der Waals surface area contributed by atoms with Gasteiger partial charge in [0.25, 0.3) is 0 Å². The average Bonchev–Trinajstić information content (AvgIpc) is 2.83. The molecule has 1 aliphatic heterocycles. The van der Waals surface area contributed by atoms with Gasteiger partial charge in [-0.15, -0.1) is 0 Å². The van der Waals surface area contributed by atoms with Crippen LogP contribution < -0.4 is 0 Å². The fraction of sp³-hybridized carbons (Fsp3) is 0.630. The van der Waals surface area contributed by atoms with Crippen LogP contribution in [0, 0.1) is 17.3 Å². The molecule has 1 saturated heterocycles. The Morgan fingerprint density at radius 1 is 1.09 bits per heavy atom. The number of cyclic esters (lactones) is 2. The van der Waals surface area contributed by atoms with Gasteiger partial charge < -0.3 is 24.1 Å². The first-order valence-corrected chi connectivity index (χ1v) is 12.2. The first-order chi connectivity index (χ1) is 16.2. The molecule has 34 heavy (non-hydrogen) atoms. The number of benzene rings is 1. The van der Waals surface area contributed by atoms with Crippen LogP contribution in [0.1, 0.15) is 64.0 Å². The smallest absolute Gasteiger partial charge is 0.465 e. The zero-order valence-corrected chi connectivity index (χ0v) is 20.7. The standard InChI is InChI=1S/C27H38O7/c1-18(2)24(28)31-15-27(16-32-26(30)33-17-27)14-13-20-5-7-21(8-6-20)22-9-11-23(12-10-22)34-25(29)19(3)4/h5-9,11,18-19,22-23,25,29H,10,12-17H2,1-4H3. The molecule has 3 rings (SSSR count). The monoisotopic (exact) mass is 474 g/mol. The molecule has 1 heterocycles.